The number of anilines is 1. The fraction of sp³-hybridized carbons (Fsp3) is 0.583. The predicted octanol–water partition coefficient (Wildman–Crippen LogP) is 1.96. The van der Waals surface area contributed by atoms with E-state index in [1.165, 1.54) is 19.3 Å². The van der Waals surface area contributed by atoms with E-state index in [0.717, 1.165) is 23.9 Å². The van der Waals surface area contributed by atoms with Gasteiger partial charge in [0.05, 0.1) is 11.8 Å². The van der Waals surface area contributed by atoms with E-state index in [2.05, 4.69) is 22.4 Å². The maximum Gasteiger partial charge on any atom is 0.158 e. The zero-order valence-corrected chi connectivity index (χ0v) is 10.8. The summed E-state index contributed by atoms with van der Waals surface area (Å²) in [7, 11) is 0. The van der Waals surface area contributed by atoms with Gasteiger partial charge < -0.3 is 11.1 Å². The van der Waals surface area contributed by atoms with Gasteiger partial charge in [-0.05, 0) is 24.3 Å². The van der Waals surface area contributed by atoms with Crippen LogP contribution in [0.3, 0.4) is 0 Å². The van der Waals surface area contributed by atoms with Crippen molar-refractivity contribution < 1.29 is 0 Å². The minimum Gasteiger partial charge on any atom is -0.389 e. The average molecular weight is 250 g/mol. The van der Waals surface area contributed by atoms with Crippen LogP contribution in [0.1, 0.15) is 31.7 Å². The quantitative estimate of drug-likeness (QED) is 0.800. The molecular formula is C12H18N4S. The highest BCUT2D eigenvalue weighted by Crippen LogP contribution is 2.31. The molecule has 2 rings (SSSR count). The van der Waals surface area contributed by atoms with E-state index in [9.17, 15) is 0 Å². The van der Waals surface area contributed by atoms with Gasteiger partial charge in [-0.2, -0.15) is 5.10 Å². The molecule has 1 fully saturated rings. The number of nitrogens with zero attached hydrogens (tertiary/aromatic N) is 2. The van der Waals surface area contributed by atoms with Gasteiger partial charge in [-0.15, -0.1) is 5.10 Å². The topological polar surface area (TPSA) is 63.8 Å². The molecule has 17 heavy (non-hydrogen) atoms. The van der Waals surface area contributed by atoms with E-state index in [-0.39, 0.29) is 0 Å². The van der Waals surface area contributed by atoms with Crippen molar-refractivity contribution in [3.05, 3.63) is 17.8 Å². The summed E-state index contributed by atoms with van der Waals surface area (Å²) in [5, 5.41) is 11.2. The lowest BCUT2D eigenvalue weighted by atomic mass is 9.98. The third-order valence-corrected chi connectivity index (χ3v) is 3.78. The molecule has 4 nitrogen and oxygen atoms in total. The molecule has 0 spiro atoms. The molecule has 92 valence electrons. The van der Waals surface area contributed by atoms with Gasteiger partial charge in [-0.1, -0.05) is 32.0 Å². The highest BCUT2D eigenvalue weighted by molar-refractivity contribution is 7.80. The van der Waals surface area contributed by atoms with Gasteiger partial charge in [0.2, 0.25) is 0 Å². The van der Waals surface area contributed by atoms with Crippen LogP contribution >= 0.6 is 12.2 Å². The molecule has 0 bridgehead atoms. The molecule has 0 saturated heterocycles. The molecule has 0 aromatic carbocycles. The Morgan fingerprint density at radius 2 is 2.41 bits per heavy atom. The Labute approximate surface area is 107 Å². The van der Waals surface area contributed by atoms with Crippen molar-refractivity contribution >= 4 is 23.0 Å². The minimum absolute atomic E-state index is 0.363. The summed E-state index contributed by atoms with van der Waals surface area (Å²) in [5.41, 5.74) is 6.43. The number of nitrogens with two attached hydrogens (primary N) is 1. The van der Waals surface area contributed by atoms with Crippen molar-refractivity contribution in [3.8, 4) is 0 Å². The molecule has 2 atom stereocenters. The van der Waals surface area contributed by atoms with Crippen LogP contribution in [0.2, 0.25) is 0 Å². The zero-order valence-electron chi connectivity index (χ0n) is 10.0. The summed E-state index contributed by atoms with van der Waals surface area (Å²) in [5.74, 6) is 2.21. The van der Waals surface area contributed by atoms with Gasteiger partial charge >= 0.3 is 0 Å². The molecule has 0 amide bonds. The molecule has 1 aliphatic carbocycles. The maximum absolute atomic E-state index is 5.65. The minimum atomic E-state index is 0.363. The Balaban J connectivity index is 2.01. The van der Waals surface area contributed by atoms with Crippen LogP contribution in [0.4, 0.5) is 5.82 Å². The molecule has 1 aromatic rings. The second-order valence-electron chi connectivity index (χ2n) is 4.71. The standard InChI is InChI=1S/C12H18N4S/c1-8-3-2-4-9(8)7-14-12-10(11(13)17)5-6-15-16-12/h5-6,8-9H,2-4,7H2,1H3,(H2,13,17)(H,14,16). The summed E-state index contributed by atoms with van der Waals surface area (Å²) in [6, 6.07) is 1.80. The lowest BCUT2D eigenvalue weighted by Gasteiger charge is -2.17. The van der Waals surface area contributed by atoms with Crippen molar-refractivity contribution in [2.24, 2.45) is 17.6 Å². The van der Waals surface area contributed by atoms with E-state index < -0.39 is 0 Å². The second-order valence-corrected chi connectivity index (χ2v) is 5.15. The first-order valence-corrected chi connectivity index (χ1v) is 6.44. The molecule has 1 aromatic heterocycles. The van der Waals surface area contributed by atoms with Crippen LogP contribution in [0.5, 0.6) is 0 Å². The van der Waals surface area contributed by atoms with Crippen LogP contribution in [-0.4, -0.2) is 21.7 Å². The number of aromatic nitrogens is 2. The number of nitrogens with one attached hydrogen (secondary N) is 1. The van der Waals surface area contributed by atoms with Crippen LogP contribution < -0.4 is 11.1 Å². The molecule has 1 saturated carbocycles. The number of hydrogen-bond donors (Lipinski definition) is 2. The van der Waals surface area contributed by atoms with Gasteiger partial charge in [0, 0.05) is 6.54 Å². The molecule has 0 radical (unpaired) electrons. The predicted molar refractivity (Wildman–Crippen MR) is 72.9 cm³/mol. The van der Waals surface area contributed by atoms with Gasteiger partial charge in [0.25, 0.3) is 0 Å². The first-order chi connectivity index (χ1) is 8.18. The Hall–Kier alpha value is -1.23. The molecule has 1 heterocycles. The number of thiocarbonyl (C=S) groups is 1. The third kappa shape index (κ3) is 2.91. The summed E-state index contributed by atoms with van der Waals surface area (Å²) in [4.78, 5) is 0.363. The molecular weight excluding hydrogens is 232 g/mol. The highest BCUT2D eigenvalue weighted by atomic mass is 32.1. The van der Waals surface area contributed by atoms with Gasteiger partial charge in [-0.25, -0.2) is 0 Å². The monoisotopic (exact) mass is 250 g/mol. The normalized spacial score (nSPS) is 23.6. The summed E-state index contributed by atoms with van der Waals surface area (Å²) in [6.07, 6.45) is 5.56. The lowest BCUT2D eigenvalue weighted by molar-refractivity contribution is 0.439. The Morgan fingerprint density at radius 3 is 3.06 bits per heavy atom. The van der Waals surface area contributed by atoms with E-state index in [0.29, 0.717) is 10.8 Å². The number of hydrogen-bond acceptors (Lipinski definition) is 4. The van der Waals surface area contributed by atoms with Crippen molar-refractivity contribution in [1.82, 2.24) is 10.2 Å². The summed E-state index contributed by atoms with van der Waals surface area (Å²) < 4.78 is 0. The van der Waals surface area contributed by atoms with Gasteiger partial charge in [-0.3, -0.25) is 0 Å². The fourth-order valence-electron chi connectivity index (χ4n) is 2.41. The van der Waals surface area contributed by atoms with Crippen LogP contribution in [0.25, 0.3) is 0 Å². The zero-order chi connectivity index (χ0) is 12.3. The fourth-order valence-corrected chi connectivity index (χ4v) is 2.58. The van der Waals surface area contributed by atoms with Gasteiger partial charge in [0.1, 0.15) is 4.99 Å². The molecule has 3 N–H and O–H groups in total. The van der Waals surface area contributed by atoms with Crippen molar-refractivity contribution in [2.75, 3.05) is 11.9 Å². The average Bonchev–Trinajstić information content (AvgIpc) is 2.72. The second kappa shape index (κ2) is 5.40. The smallest absolute Gasteiger partial charge is 0.158 e. The summed E-state index contributed by atoms with van der Waals surface area (Å²) in [6.45, 7) is 3.24. The van der Waals surface area contributed by atoms with Crippen molar-refractivity contribution in [1.29, 1.82) is 0 Å². The lowest BCUT2D eigenvalue weighted by Crippen LogP contribution is -2.20. The maximum atomic E-state index is 5.65. The summed E-state index contributed by atoms with van der Waals surface area (Å²) >= 11 is 4.99. The Morgan fingerprint density at radius 1 is 1.59 bits per heavy atom. The van der Waals surface area contributed by atoms with Crippen LogP contribution in [-0.2, 0) is 0 Å². The van der Waals surface area contributed by atoms with Gasteiger partial charge in [0.15, 0.2) is 5.82 Å². The van der Waals surface area contributed by atoms with Crippen molar-refractivity contribution in [2.45, 2.75) is 26.2 Å². The molecule has 1 aliphatic rings. The van der Waals surface area contributed by atoms with E-state index >= 15 is 0 Å². The highest BCUT2D eigenvalue weighted by Gasteiger charge is 2.23. The van der Waals surface area contributed by atoms with Crippen LogP contribution in [0.15, 0.2) is 12.3 Å². The van der Waals surface area contributed by atoms with Crippen molar-refractivity contribution in [3.63, 3.8) is 0 Å². The largest absolute Gasteiger partial charge is 0.389 e. The van der Waals surface area contributed by atoms with Crippen LogP contribution in [0, 0.1) is 11.8 Å². The Bertz CT molecular complexity index is 407. The molecule has 5 heteroatoms. The number of rotatable bonds is 4. The first-order valence-electron chi connectivity index (χ1n) is 6.04. The molecule has 2 unspecified atom stereocenters. The van der Waals surface area contributed by atoms with E-state index in [1.54, 1.807) is 12.3 Å². The third-order valence-electron chi connectivity index (χ3n) is 3.56. The SMILES string of the molecule is CC1CCCC1CNc1nnccc1C(N)=S. The molecule has 0 aliphatic heterocycles. The van der Waals surface area contributed by atoms with E-state index in [4.69, 9.17) is 18.0 Å². The first kappa shape index (κ1) is 12.2. The van der Waals surface area contributed by atoms with E-state index in [1.807, 2.05) is 0 Å². The Kier molecular flexibility index (Phi) is 3.89.